The van der Waals surface area contributed by atoms with E-state index in [1.54, 1.807) is 36.4 Å². The van der Waals surface area contributed by atoms with Gasteiger partial charge in [0.1, 0.15) is 5.52 Å². The first kappa shape index (κ1) is 26.2. The molecule has 3 unspecified atom stereocenters. The minimum Gasteiger partial charge on any atom is -0.481 e. The molecule has 2 amide bonds. The number of nitrogens with zero attached hydrogens (tertiary/aromatic N) is 1. The fraction of sp³-hybridized carbons (Fsp3) is 0.200. The summed E-state index contributed by atoms with van der Waals surface area (Å²) in [6.07, 6.45) is 4.39. The number of nitrogens with one attached hydrogen (secondary N) is 2. The molecule has 0 saturated carbocycles. The summed E-state index contributed by atoms with van der Waals surface area (Å²) in [5.41, 5.74) is 3.53. The van der Waals surface area contributed by atoms with E-state index in [4.69, 9.17) is 4.42 Å². The molecule has 0 radical (unpaired) electrons. The van der Waals surface area contributed by atoms with Gasteiger partial charge >= 0.3 is 5.97 Å². The van der Waals surface area contributed by atoms with Crippen LogP contribution in [0.3, 0.4) is 0 Å². The lowest BCUT2D eigenvalue weighted by Gasteiger charge is -2.24. The van der Waals surface area contributed by atoms with Gasteiger partial charge in [0, 0.05) is 21.8 Å². The molecule has 0 spiro atoms. The lowest BCUT2D eigenvalue weighted by atomic mass is 9.82. The third-order valence-electron chi connectivity index (χ3n) is 6.56. The van der Waals surface area contributed by atoms with Gasteiger partial charge in [-0.05, 0) is 74.4 Å². The van der Waals surface area contributed by atoms with Crippen LogP contribution >= 0.6 is 11.8 Å². The number of carboxylic acid groups (broad SMARTS) is 1. The Kier molecular flexibility index (Phi) is 7.79. The van der Waals surface area contributed by atoms with E-state index in [0.29, 0.717) is 30.1 Å². The predicted octanol–water partition coefficient (Wildman–Crippen LogP) is 6.22. The number of hydrogen-bond acceptors (Lipinski definition) is 6. The Labute approximate surface area is 229 Å². The van der Waals surface area contributed by atoms with Gasteiger partial charge < -0.3 is 20.2 Å². The molecule has 0 bridgehead atoms. The summed E-state index contributed by atoms with van der Waals surface area (Å²) in [6.45, 7) is 1.81. The molecule has 1 aromatic heterocycles. The first-order chi connectivity index (χ1) is 18.9. The SMILES string of the molecule is CC(Sc1cccc(NC(=O)C2CC=CCC2C(=O)O)c1)C(=O)Nc1ccc(-c2nc3ccccc3o2)cc1. The number of oxazole rings is 1. The lowest BCUT2D eigenvalue weighted by Crippen LogP contribution is -2.34. The predicted molar refractivity (Wildman–Crippen MR) is 151 cm³/mol. The Bertz CT molecular complexity index is 1510. The molecule has 1 aliphatic carbocycles. The quantitative estimate of drug-likeness (QED) is 0.179. The summed E-state index contributed by atoms with van der Waals surface area (Å²) in [4.78, 5) is 42.5. The Morgan fingerprint density at radius 3 is 2.41 bits per heavy atom. The second-order valence-corrected chi connectivity index (χ2v) is 10.7. The third-order valence-corrected chi connectivity index (χ3v) is 7.66. The summed E-state index contributed by atoms with van der Waals surface area (Å²) in [6, 6.07) is 22.1. The number of anilines is 2. The van der Waals surface area contributed by atoms with E-state index in [-0.39, 0.29) is 11.8 Å². The molecule has 1 aliphatic rings. The molecule has 0 aliphatic heterocycles. The summed E-state index contributed by atoms with van der Waals surface area (Å²) >= 11 is 1.36. The first-order valence-electron chi connectivity index (χ1n) is 12.6. The number of carboxylic acids is 1. The van der Waals surface area contributed by atoms with Gasteiger partial charge in [-0.3, -0.25) is 14.4 Å². The number of hydrogen-bond donors (Lipinski definition) is 3. The number of para-hydroxylation sites is 2. The summed E-state index contributed by atoms with van der Waals surface area (Å²) in [7, 11) is 0. The van der Waals surface area contributed by atoms with Gasteiger partial charge in [-0.15, -0.1) is 11.8 Å². The molecule has 198 valence electrons. The molecule has 3 atom stereocenters. The summed E-state index contributed by atoms with van der Waals surface area (Å²) in [5, 5.41) is 14.8. The highest BCUT2D eigenvalue weighted by Gasteiger charge is 2.34. The number of rotatable bonds is 8. The number of aromatic nitrogens is 1. The molecule has 5 rings (SSSR count). The topological polar surface area (TPSA) is 122 Å². The van der Waals surface area contributed by atoms with E-state index in [0.717, 1.165) is 21.6 Å². The number of benzene rings is 3. The molecule has 3 aromatic carbocycles. The van der Waals surface area contributed by atoms with Gasteiger partial charge in [0.25, 0.3) is 0 Å². The lowest BCUT2D eigenvalue weighted by molar-refractivity contribution is -0.146. The van der Waals surface area contributed by atoms with Crippen molar-refractivity contribution in [3.63, 3.8) is 0 Å². The van der Waals surface area contributed by atoms with Crippen molar-refractivity contribution in [2.24, 2.45) is 11.8 Å². The maximum absolute atomic E-state index is 12.9. The molecule has 0 fully saturated rings. The number of fused-ring (bicyclic) bond motifs is 1. The number of allylic oxidation sites excluding steroid dienone is 2. The molecule has 0 saturated heterocycles. The highest BCUT2D eigenvalue weighted by Crippen LogP contribution is 2.30. The zero-order valence-corrected chi connectivity index (χ0v) is 22.0. The monoisotopic (exact) mass is 541 g/mol. The standard InChI is InChI=1S/C30H27N3O5S/c1-18(27(34)31-20-15-13-19(14-16-20)29-33-25-11-4-5-12-26(25)38-29)39-22-8-6-7-21(17-22)32-28(35)23-9-2-3-10-24(23)30(36)37/h2-8,11-18,23-24H,9-10H2,1H3,(H,31,34)(H,32,35)(H,36,37). The van der Waals surface area contributed by atoms with E-state index in [1.165, 1.54) is 11.8 Å². The van der Waals surface area contributed by atoms with Gasteiger partial charge in [0.15, 0.2) is 5.58 Å². The van der Waals surface area contributed by atoms with E-state index >= 15 is 0 Å². The zero-order valence-electron chi connectivity index (χ0n) is 21.2. The fourth-order valence-electron chi connectivity index (χ4n) is 4.45. The van der Waals surface area contributed by atoms with E-state index in [1.807, 2.05) is 55.5 Å². The van der Waals surface area contributed by atoms with Crippen LogP contribution in [0, 0.1) is 11.8 Å². The van der Waals surface area contributed by atoms with Crippen LogP contribution in [0.15, 0.2) is 94.3 Å². The number of aliphatic carboxylic acids is 1. The minimum atomic E-state index is -0.968. The molecular formula is C30H27N3O5S. The van der Waals surface area contributed by atoms with Crippen molar-refractivity contribution in [3.8, 4) is 11.5 Å². The second kappa shape index (κ2) is 11.6. The molecule has 4 aromatic rings. The Morgan fingerprint density at radius 2 is 1.67 bits per heavy atom. The Balaban J connectivity index is 1.18. The van der Waals surface area contributed by atoms with E-state index < -0.39 is 23.1 Å². The van der Waals surface area contributed by atoms with Gasteiger partial charge in [-0.2, -0.15) is 0 Å². The normalized spacial score (nSPS) is 17.5. The van der Waals surface area contributed by atoms with Crippen LogP contribution in [0.4, 0.5) is 11.4 Å². The van der Waals surface area contributed by atoms with Crippen LogP contribution in [0.1, 0.15) is 19.8 Å². The van der Waals surface area contributed by atoms with Gasteiger partial charge in [-0.25, -0.2) is 4.98 Å². The number of thioether (sulfide) groups is 1. The van der Waals surface area contributed by atoms with Crippen LogP contribution in [-0.4, -0.2) is 33.1 Å². The first-order valence-corrected chi connectivity index (χ1v) is 13.5. The summed E-state index contributed by atoms with van der Waals surface area (Å²) < 4.78 is 5.81. The van der Waals surface area contributed by atoms with Gasteiger partial charge in [0.05, 0.1) is 17.1 Å². The second-order valence-electron chi connectivity index (χ2n) is 9.32. The van der Waals surface area contributed by atoms with Crippen molar-refractivity contribution < 1.29 is 23.9 Å². The van der Waals surface area contributed by atoms with Gasteiger partial charge in [0.2, 0.25) is 17.7 Å². The third kappa shape index (κ3) is 6.21. The van der Waals surface area contributed by atoms with Crippen LogP contribution in [0.2, 0.25) is 0 Å². The van der Waals surface area contributed by atoms with Crippen LogP contribution in [0.25, 0.3) is 22.6 Å². The van der Waals surface area contributed by atoms with Crippen molar-refractivity contribution in [2.75, 3.05) is 10.6 Å². The van der Waals surface area contributed by atoms with Crippen LogP contribution < -0.4 is 10.6 Å². The van der Waals surface area contributed by atoms with Crippen LogP contribution in [-0.2, 0) is 14.4 Å². The zero-order chi connectivity index (χ0) is 27.4. The fourth-order valence-corrected chi connectivity index (χ4v) is 5.38. The average molecular weight is 542 g/mol. The maximum Gasteiger partial charge on any atom is 0.307 e. The smallest absolute Gasteiger partial charge is 0.307 e. The maximum atomic E-state index is 12.9. The minimum absolute atomic E-state index is 0.164. The van der Waals surface area contributed by atoms with Gasteiger partial charge in [-0.1, -0.05) is 30.4 Å². The molecule has 39 heavy (non-hydrogen) atoms. The van der Waals surface area contributed by atoms with Crippen molar-refractivity contribution in [1.82, 2.24) is 4.98 Å². The van der Waals surface area contributed by atoms with E-state index in [9.17, 15) is 19.5 Å². The molecular weight excluding hydrogens is 514 g/mol. The van der Waals surface area contributed by atoms with E-state index in [2.05, 4.69) is 15.6 Å². The largest absolute Gasteiger partial charge is 0.481 e. The molecule has 8 nitrogen and oxygen atoms in total. The van der Waals surface area contributed by atoms with Crippen molar-refractivity contribution in [1.29, 1.82) is 0 Å². The highest BCUT2D eigenvalue weighted by molar-refractivity contribution is 8.00. The summed E-state index contributed by atoms with van der Waals surface area (Å²) in [5.74, 6) is -2.29. The molecule has 3 N–H and O–H groups in total. The van der Waals surface area contributed by atoms with Crippen molar-refractivity contribution in [3.05, 3.63) is 84.9 Å². The molecule has 1 heterocycles. The molecule has 9 heteroatoms. The van der Waals surface area contributed by atoms with Crippen molar-refractivity contribution in [2.45, 2.75) is 29.9 Å². The number of carbonyl (C=O) groups excluding carboxylic acids is 2. The average Bonchev–Trinajstić information content (AvgIpc) is 3.38. The highest BCUT2D eigenvalue weighted by atomic mass is 32.2. The number of amides is 2. The Morgan fingerprint density at radius 1 is 0.923 bits per heavy atom. The van der Waals surface area contributed by atoms with Crippen LogP contribution in [0.5, 0.6) is 0 Å². The number of carbonyl (C=O) groups is 3. The van der Waals surface area contributed by atoms with Crippen molar-refractivity contribution >= 4 is 52.0 Å². The Hall–Kier alpha value is -4.37.